The summed E-state index contributed by atoms with van der Waals surface area (Å²) in [6.45, 7) is 6.33. The average molecular weight is 320 g/mol. The zero-order valence-electron chi connectivity index (χ0n) is 14.6. The highest BCUT2D eigenvalue weighted by molar-refractivity contribution is 5.78. The Morgan fingerprint density at radius 3 is 2.70 bits per heavy atom. The predicted molar refractivity (Wildman–Crippen MR) is 90.9 cm³/mol. The first-order valence-corrected chi connectivity index (χ1v) is 8.27. The Bertz CT molecular complexity index is 531. The molecule has 1 saturated heterocycles. The van der Waals surface area contributed by atoms with E-state index in [-0.39, 0.29) is 11.9 Å². The smallest absolute Gasteiger partial charge is 0.234 e. The molecule has 2 rings (SSSR count). The molecular weight excluding hydrogens is 292 g/mol. The van der Waals surface area contributed by atoms with Crippen LogP contribution in [0.3, 0.4) is 0 Å². The minimum absolute atomic E-state index is 0.103. The molecule has 1 N–H and O–H groups in total. The molecule has 0 bridgehead atoms. The lowest BCUT2D eigenvalue weighted by atomic mass is 10.0. The molecule has 1 unspecified atom stereocenters. The van der Waals surface area contributed by atoms with Crippen molar-refractivity contribution in [1.29, 1.82) is 0 Å². The van der Waals surface area contributed by atoms with Gasteiger partial charge in [-0.25, -0.2) is 0 Å². The summed E-state index contributed by atoms with van der Waals surface area (Å²) in [5.74, 6) is 2.04. The molecule has 1 aromatic carbocycles. The summed E-state index contributed by atoms with van der Waals surface area (Å²) in [6, 6.07) is 6.29. The predicted octanol–water partition coefficient (Wildman–Crippen LogP) is 2.61. The maximum atomic E-state index is 12.1. The van der Waals surface area contributed by atoms with E-state index in [0.29, 0.717) is 12.5 Å². The lowest BCUT2D eigenvalue weighted by molar-refractivity contribution is -0.122. The highest BCUT2D eigenvalue weighted by Crippen LogP contribution is 2.36. The van der Waals surface area contributed by atoms with Gasteiger partial charge in [-0.3, -0.25) is 9.69 Å². The molecule has 128 valence electrons. The molecule has 1 aliphatic rings. The van der Waals surface area contributed by atoms with E-state index in [1.807, 2.05) is 12.1 Å². The van der Waals surface area contributed by atoms with Gasteiger partial charge in [-0.05, 0) is 43.0 Å². The highest BCUT2D eigenvalue weighted by Gasteiger charge is 2.28. The van der Waals surface area contributed by atoms with Gasteiger partial charge in [-0.1, -0.05) is 19.9 Å². The normalized spacial score (nSPS) is 18.2. The summed E-state index contributed by atoms with van der Waals surface area (Å²) in [7, 11) is 3.28. The van der Waals surface area contributed by atoms with Crippen LogP contribution in [-0.4, -0.2) is 44.7 Å². The summed E-state index contributed by atoms with van der Waals surface area (Å²) in [5.41, 5.74) is 1.18. The fraction of sp³-hybridized carbons (Fsp3) is 0.611. The molecule has 0 spiro atoms. The lowest BCUT2D eigenvalue weighted by Gasteiger charge is -2.25. The van der Waals surface area contributed by atoms with Crippen molar-refractivity contribution < 1.29 is 14.3 Å². The molecule has 1 atom stereocenters. The zero-order valence-corrected chi connectivity index (χ0v) is 14.6. The number of hydrogen-bond donors (Lipinski definition) is 1. The van der Waals surface area contributed by atoms with Gasteiger partial charge in [0, 0.05) is 12.6 Å². The summed E-state index contributed by atoms with van der Waals surface area (Å²) in [6.07, 6.45) is 2.17. The highest BCUT2D eigenvalue weighted by atomic mass is 16.5. The van der Waals surface area contributed by atoms with Crippen molar-refractivity contribution in [3.63, 3.8) is 0 Å². The largest absolute Gasteiger partial charge is 0.493 e. The number of rotatable bonds is 7. The van der Waals surface area contributed by atoms with Gasteiger partial charge in [0.25, 0.3) is 0 Å². The van der Waals surface area contributed by atoms with E-state index in [4.69, 9.17) is 9.47 Å². The van der Waals surface area contributed by atoms with Crippen molar-refractivity contribution in [2.24, 2.45) is 5.92 Å². The Labute approximate surface area is 139 Å². The van der Waals surface area contributed by atoms with Gasteiger partial charge < -0.3 is 14.8 Å². The molecule has 5 nitrogen and oxygen atoms in total. The molecule has 1 aromatic rings. The summed E-state index contributed by atoms with van der Waals surface area (Å²) in [5, 5.41) is 3.00. The van der Waals surface area contributed by atoms with Crippen LogP contribution in [0.15, 0.2) is 18.2 Å². The third-order valence-corrected chi connectivity index (χ3v) is 4.21. The Kier molecular flexibility index (Phi) is 6.28. The number of carbonyl (C=O) groups excluding carboxylic acids is 1. The first-order valence-electron chi connectivity index (χ1n) is 8.27. The Hall–Kier alpha value is -1.75. The second-order valence-electron chi connectivity index (χ2n) is 6.44. The molecular formula is C18H28N2O3. The monoisotopic (exact) mass is 320 g/mol. The number of ether oxygens (including phenoxy) is 2. The molecule has 0 aliphatic carbocycles. The topological polar surface area (TPSA) is 50.8 Å². The summed E-state index contributed by atoms with van der Waals surface area (Å²) >= 11 is 0. The van der Waals surface area contributed by atoms with E-state index in [1.165, 1.54) is 5.56 Å². The van der Waals surface area contributed by atoms with E-state index in [9.17, 15) is 4.79 Å². The van der Waals surface area contributed by atoms with Crippen LogP contribution in [0, 0.1) is 5.92 Å². The molecule has 0 aromatic heterocycles. The molecule has 1 aliphatic heterocycles. The van der Waals surface area contributed by atoms with Crippen molar-refractivity contribution in [3.05, 3.63) is 23.8 Å². The van der Waals surface area contributed by atoms with Gasteiger partial charge >= 0.3 is 0 Å². The van der Waals surface area contributed by atoms with Gasteiger partial charge in [0.1, 0.15) is 0 Å². The van der Waals surface area contributed by atoms with Gasteiger partial charge in [0.05, 0.1) is 20.8 Å². The number of methoxy groups -OCH3 is 2. The fourth-order valence-electron chi connectivity index (χ4n) is 3.01. The maximum absolute atomic E-state index is 12.1. The van der Waals surface area contributed by atoms with Crippen molar-refractivity contribution in [1.82, 2.24) is 10.2 Å². The SMILES string of the molecule is COc1ccc(C2CCCN2CC(=O)NCC(C)C)cc1OC. The second kappa shape index (κ2) is 8.20. The van der Waals surface area contributed by atoms with Gasteiger partial charge in [-0.15, -0.1) is 0 Å². The summed E-state index contributed by atoms with van der Waals surface area (Å²) < 4.78 is 10.7. The Morgan fingerprint density at radius 2 is 2.04 bits per heavy atom. The van der Waals surface area contributed by atoms with Gasteiger partial charge in [0.2, 0.25) is 5.91 Å². The maximum Gasteiger partial charge on any atom is 0.234 e. The number of benzene rings is 1. The van der Waals surface area contributed by atoms with Crippen LogP contribution in [0.1, 0.15) is 38.3 Å². The molecule has 1 amide bonds. The first-order chi connectivity index (χ1) is 11.0. The zero-order chi connectivity index (χ0) is 16.8. The van der Waals surface area contributed by atoms with Crippen LogP contribution in [-0.2, 0) is 4.79 Å². The van der Waals surface area contributed by atoms with Crippen LogP contribution < -0.4 is 14.8 Å². The number of nitrogens with zero attached hydrogens (tertiary/aromatic N) is 1. The standard InChI is InChI=1S/C18H28N2O3/c1-13(2)11-19-18(21)12-20-9-5-6-15(20)14-7-8-16(22-3)17(10-14)23-4/h7-8,10,13,15H,5-6,9,11-12H2,1-4H3,(H,19,21). The quantitative estimate of drug-likeness (QED) is 0.839. The molecule has 23 heavy (non-hydrogen) atoms. The Morgan fingerprint density at radius 1 is 1.30 bits per heavy atom. The van der Waals surface area contributed by atoms with E-state index >= 15 is 0 Å². The van der Waals surface area contributed by atoms with Crippen LogP contribution in [0.25, 0.3) is 0 Å². The van der Waals surface area contributed by atoms with Crippen LogP contribution in [0.4, 0.5) is 0 Å². The van der Waals surface area contributed by atoms with Gasteiger partial charge in [-0.2, -0.15) is 0 Å². The van der Waals surface area contributed by atoms with E-state index in [0.717, 1.165) is 37.4 Å². The van der Waals surface area contributed by atoms with Crippen molar-refractivity contribution in [3.8, 4) is 11.5 Å². The molecule has 0 radical (unpaired) electrons. The Balaban J connectivity index is 2.05. The minimum Gasteiger partial charge on any atom is -0.493 e. The number of likely N-dealkylation sites (tertiary alicyclic amines) is 1. The van der Waals surface area contributed by atoms with Crippen molar-refractivity contribution in [2.45, 2.75) is 32.7 Å². The third-order valence-electron chi connectivity index (χ3n) is 4.21. The lowest BCUT2D eigenvalue weighted by Crippen LogP contribution is -2.38. The third kappa shape index (κ3) is 4.61. The average Bonchev–Trinajstić information content (AvgIpc) is 3.00. The van der Waals surface area contributed by atoms with Crippen LogP contribution >= 0.6 is 0 Å². The number of hydrogen-bond acceptors (Lipinski definition) is 4. The number of amides is 1. The van der Waals surface area contributed by atoms with Gasteiger partial charge in [0.15, 0.2) is 11.5 Å². The molecule has 0 saturated carbocycles. The van der Waals surface area contributed by atoms with Crippen molar-refractivity contribution in [2.75, 3.05) is 33.9 Å². The first kappa shape index (κ1) is 17.6. The van der Waals surface area contributed by atoms with Crippen molar-refractivity contribution >= 4 is 5.91 Å². The number of nitrogens with one attached hydrogen (secondary N) is 1. The molecule has 5 heteroatoms. The molecule has 1 fully saturated rings. The van der Waals surface area contributed by atoms with E-state index < -0.39 is 0 Å². The van der Waals surface area contributed by atoms with Crippen LogP contribution in [0.5, 0.6) is 11.5 Å². The second-order valence-corrected chi connectivity index (χ2v) is 6.44. The molecule has 1 heterocycles. The van der Waals surface area contributed by atoms with E-state index in [2.05, 4.69) is 30.1 Å². The number of carbonyl (C=O) groups is 1. The fourth-order valence-corrected chi connectivity index (χ4v) is 3.01. The van der Waals surface area contributed by atoms with Crippen LogP contribution in [0.2, 0.25) is 0 Å². The minimum atomic E-state index is 0.103. The van der Waals surface area contributed by atoms with E-state index in [1.54, 1.807) is 14.2 Å². The summed E-state index contributed by atoms with van der Waals surface area (Å²) in [4.78, 5) is 14.4.